The van der Waals surface area contributed by atoms with E-state index in [-0.39, 0.29) is 11.2 Å². The number of carbonyl (C=O) groups is 1. The van der Waals surface area contributed by atoms with Gasteiger partial charge in [0, 0.05) is 6.04 Å². The zero-order valence-corrected chi connectivity index (χ0v) is 13.2. The standard InChI is InChI=1S/C14H22N4O2S/c1-10(13(19)15-11-5-6-11)21-14-17-16-12(20-14)9-18-7-3-2-4-8-18/h10-11H,2-9H2,1H3,(H,15,19)/t10-/m0/s1. The summed E-state index contributed by atoms with van der Waals surface area (Å²) in [4.78, 5) is 14.2. The van der Waals surface area contributed by atoms with Gasteiger partial charge in [0.05, 0.1) is 11.8 Å². The third-order valence-corrected chi connectivity index (χ3v) is 4.76. The first-order valence-electron chi connectivity index (χ1n) is 7.72. The molecular formula is C14H22N4O2S. The fourth-order valence-corrected chi connectivity index (χ4v) is 3.12. The van der Waals surface area contributed by atoms with Gasteiger partial charge in [-0.05, 0) is 45.7 Å². The van der Waals surface area contributed by atoms with Gasteiger partial charge in [-0.1, -0.05) is 18.2 Å². The van der Waals surface area contributed by atoms with Crippen molar-refractivity contribution in [1.82, 2.24) is 20.4 Å². The van der Waals surface area contributed by atoms with Crippen molar-refractivity contribution in [2.45, 2.75) is 62.1 Å². The van der Waals surface area contributed by atoms with Gasteiger partial charge < -0.3 is 9.73 Å². The van der Waals surface area contributed by atoms with Crippen LogP contribution >= 0.6 is 11.8 Å². The zero-order chi connectivity index (χ0) is 14.7. The zero-order valence-electron chi connectivity index (χ0n) is 12.4. The predicted octanol–water partition coefficient (Wildman–Crippen LogP) is 1.81. The van der Waals surface area contributed by atoms with Crippen molar-refractivity contribution >= 4 is 17.7 Å². The Labute approximate surface area is 129 Å². The molecule has 7 heteroatoms. The summed E-state index contributed by atoms with van der Waals surface area (Å²) in [5.41, 5.74) is 0. The molecule has 2 fully saturated rings. The predicted molar refractivity (Wildman–Crippen MR) is 79.9 cm³/mol. The summed E-state index contributed by atoms with van der Waals surface area (Å²) in [5.74, 6) is 0.701. The van der Waals surface area contributed by atoms with E-state index in [1.165, 1.54) is 31.0 Å². The molecule has 0 spiro atoms. The van der Waals surface area contributed by atoms with E-state index in [1.54, 1.807) is 0 Å². The SMILES string of the molecule is C[C@H](Sc1nnc(CN2CCCCC2)o1)C(=O)NC1CC1. The van der Waals surface area contributed by atoms with Crippen LogP contribution in [0.3, 0.4) is 0 Å². The molecule has 2 aliphatic rings. The second kappa shape index (κ2) is 6.79. The molecule has 1 aromatic heterocycles. The molecule has 2 heterocycles. The normalized spacial score (nSPS) is 21.2. The van der Waals surface area contributed by atoms with Crippen LogP contribution in [0, 0.1) is 0 Å². The molecule has 1 aliphatic carbocycles. The summed E-state index contributed by atoms with van der Waals surface area (Å²) in [6.07, 6.45) is 6.00. The second-order valence-electron chi connectivity index (χ2n) is 5.84. The van der Waals surface area contributed by atoms with Crippen LogP contribution in [0.1, 0.15) is 44.9 Å². The van der Waals surface area contributed by atoms with Gasteiger partial charge in [-0.15, -0.1) is 10.2 Å². The molecule has 0 aromatic carbocycles. The van der Waals surface area contributed by atoms with Gasteiger partial charge >= 0.3 is 0 Å². The topological polar surface area (TPSA) is 71.3 Å². The highest BCUT2D eigenvalue weighted by Gasteiger charge is 2.27. The van der Waals surface area contributed by atoms with Crippen molar-refractivity contribution < 1.29 is 9.21 Å². The lowest BCUT2D eigenvalue weighted by molar-refractivity contribution is -0.120. The van der Waals surface area contributed by atoms with E-state index in [0.29, 0.717) is 17.2 Å². The number of rotatable bonds is 6. The smallest absolute Gasteiger partial charge is 0.277 e. The number of amides is 1. The van der Waals surface area contributed by atoms with E-state index in [0.717, 1.165) is 32.5 Å². The number of piperidine rings is 1. The Morgan fingerprint density at radius 2 is 2.14 bits per heavy atom. The Morgan fingerprint density at radius 3 is 2.86 bits per heavy atom. The highest BCUT2D eigenvalue weighted by atomic mass is 32.2. The van der Waals surface area contributed by atoms with Gasteiger partial charge in [-0.2, -0.15) is 0 Å². The monoisotopic (exact) mass is 310 g/mol. The average Bonchev–Trinajstić information content (AvgIpc) is 3.19. The molecular weight excluding hydrogens is 288 g/mol. The van der Waals surface area contributed by atoms with Crippen molar-refractivity contribution in [1.29, 1.82) is 0 Å². The van der Waals surface area contributed by atoms with Crippen molar-refractivity contribution in [2.24, 2.45) is 0 Å². The first-order valence-corrected chi connectivity index (χ1v) is 8.60. The van der Waals surface area contributed by atoms with Gasteiger partial charge in [-0.25, -0.2) is 0 Å². The maximum Gasteiger partial charge on any atom is 0.277 e. The Bertz CT molecular complexity index is 483. The molecule has 0 radical (unpaired) electrons. The lowest BCUT2D eigenvalue weighted by atomic mass is 10.1. The molecule has 3 rings (SSSR count). The number of hydrogen-bond acceptors (Lipinski definition) is 6. The van der Waals surface area contributed by atoms with Crippen LogP contribution in [-0.4, -0.2) is 45.4 Å². The van der Waals surface area contributed by atoms with Crippen LogP contribution in [0.25, 0.3) is 0 Å². The van der Waals surface area contributed by atoms with Crippen molar-refractivity contribution in [2.75, 3.05) is 13.1 Å². The molecule has 1 aliphatic heterocycles. The summed E-state index contributed by atoms with van der Waals surface area (Å²) in [6.45, 7) is 4.79. The van der Waals surface area contributed by atoms with E-state index in [2.05, 4.69) is 20.4 Å². The summed E-state index contributed by atoms with van der Waals surface area (Å²) in [6, 6.07) is 0.387. The van der Waals surface area contributed by atoms with Gasteiger partial charge in [-0.3, -0.25) is 9.69 Å². The maximum atomic E-state index is 11.9. The minimum Gasteiger partial charge on any atom is -0.415 e. The quantitative estimate of drug-likeness (QED) is 0.808. The van der Waals surface area contributed by atoms with Gasteiger partial charge in [0.1, 0.15) is 0 Å². The van der Waals surface area contributed by atoms with Crippen molar-refractivity contribution in [3.8, 4) is 0 Å². The second-order valence-corrected chi connectivity index (χ2v) is 7.13. The average molecular weight is 310 g/mol. The Balaban J connectivity index is 1.48. The number of thioether (sulfide) groups is 1. The largest absolute Gasteiger partial charge is 0.415 e. The van der Waals surface area contributed by atoms with Crippen LogP contribution in [0.5, 0.6) is 0 Å². The molecule has 1 atom stereocenters. The molecule has 1 amide bonds. The van der Waals surface area contributed by atoms with Gasteiger partial charge in [0.15, 0.2) is 0 Å². The molecule has 1 aromatic rings. The number of aromatic nitrogens is 2. The van der Waals surface area contributed by atoms with E-state index < -0.39 is 0 Å². The maximum absolute atomic E-state index is 11.9. The number of likely N-dealkylation sites (tertiary alicyclic amines) is 1. The number of nitrogens with one attached hydrogen (secondary N) is 1. The lowest BCUT2D eigenvalue weighted by Crippen LogP contribution is -2.32. The highest BCUT2D eigenvalue weighted by molar-refractivity contribution is 8.00. The molecule has 1 saturated heterocycles. The van der Waals surface area contributed by atoms with Crippen molar-refractivity contribution in [3.63, 3.8) is 0 Å². The molecule has 6 nitrogen and oxygen atoms in total. The van der Waals surface area contributed by atoms with Crippen LogP contribution in [0.4, 0.5) is 0 Å². The summed E-state index contributed by atoms with van der Waals surface area (Å²) in [7, 11) is 0. The van der Waals surface area contributed by atoms with Crippen LogP contribution in [0.15, 0.2) is 9.64 Å². The van der Waals surface area contributed by atoms with Crippen molar-refractivity contribution in [3.05, 3.63) is 5.89 Å². The number of nitrogens with zero attached hydrogens (tertiary/aromatic N) is 3. The lowest BCUT2D eigenvalue weighted by Gasteiger charge is -2.24. The minimum atomic E-state index is -0.200. The van der Waals surface area contributed by atoms with Crippen LogP contribution < -0.4 is 5.32 Å². The molecule has 116 valence electrons. The minimum absolute atomic E-state index is 0.0540. The van der Waals surface area contributed by atoms with Crippen LogP contribution in [-0.2, 0) is 11.3 Å². The Hall–Kier alpha value is -1.08. The van der Waals surface area contributed by atoms with E-state index in [1.807, 2.05) is 6.92 Å². The van der Waals surface area contributed by atoms with E-state index >= 15 is 0 Å². The highest BCUT2D eigenvalue weighted by Crippen LogP contribution is 2.25. The molecule has 21 heavy (non-hydrogen) atoms. The summed E-state index contributed by atoms with van der Waals surface area (Å²) < 4.78 is 5.65. The third-order valence-electron chi connectivity index (χ3n) is 3.83. The van der Waals surface area contributed by atoms with Gasteiger partial charge in [0.25, 0.3) is 5.22 Å². The Kier molecular flexibility index (Phi) is 4.80. The van der Waals surface area contributed by atoms with E-state index in [4.69, 9.17) is 4.42 Å². The number of hydrogen-bond donors (Lipinski definition) is 1. The molecule has 0 unspecified atom stereocenters. The fourth-order valence-electron chi connectivity index (χ4n) is 2.41. The number of carbonyl (C=O) groups excluding carboxylic acids is 1. The summed E-state index contributed by atoms with van der Waals surface area (Å²) in [5, 5.41) is 11.4. The Morgan fingerprint density at radius 1 is 1.38 bits per heavy atom. The fraction of sp³-hybridized carbons (Fsp3) is 0.786. The van der Waals surface area contributed by atoms with Crippen LogP contribution in [0.2, 0.25) is 0 Å². The summed E-state index contributed by atoms with van der Waals surface area (Å²) >= 11 is 1.33. The first-order chi connectivity index (χ1) is 10.2. The van der Waals surface area contributed by atoms with Gasteiger partial charge in [0.2, 0.25) is 11.8 Å². The molecule has 0 bridgehead atoms. The third kappa shape index (κ3) is 4.44. The van der Waals surface area contributed by atoms with E-state index in [9.17, 15) is 4.79 Å². The molecule has 1 N–H and O–H groups in total. The first kappa shape index (κ1) is 14.8. The molecule has 1 saturated carbocycles.